The normalized spacial score (nSPS) is 12.0. The predicted octanol–water partition coefficient (Wildman–Crippen LogP) is 5.76. The maximum Gasteiger partial charge on any atom is 0.191 e. The number of unbranched alkanes of at least 4 members (excludes halogenated alkanes) is 6. The molecule has 0 fully saturated rings. The minimum absolute atomic E-state index is 1.02. The van der Waals surface area contributed by atoms with Crippen LogP contribution in [-0.4, -0.2) is 14.9 Å². The largest absolute Gasteiger partial charge is 0.417 e. The smallest absolute Gasteiger partial charge is 0.191 e. The Hall–Kier alpha value is 0.177. The van der Waals surface area contributed by atoms with Crippen molar-refractivity contribution in [3.63, 3.8) is 0 Å². The second kappa shape index (κ2) is 11.3. The topological polar surface area (TPSA) is 9.23 Å². The fourth-order valence-electron chi connectivity index (χ4n) is 2.40. The van der Waals surface area contributed by atoms with Gasteiger partial charge < -0.3 is 4.43 Å². The summed E-state index contributed by atoms with van der Waals surface area (Å²) in [6.45, 7) is 10.2. The number of hydrogen-bond acceptors (Lipinski definition) is 1. The number of rotatable bonds is 12. The summed E-state index contributed by atoms with van der Waals surface area (Å²) < 4.78 is 6.24. The van der Waals surface area contributed by atoms with E-state index in [0.717, 1.165) is 6.61 Å². The van der Waals surface area contributed by atoms with Gasteiger partial charge in [0.1, 0.15) is 0 Å². The fraction of sp³-hybridized carbons (Fsp3) is 1.00. The Morgan fingerprint density at radius 1 is 0.647 bits per heavy atom. The lowest BCUT2D eigenvalue weighted by Crippen LogP contribution is -2.36. The van der Waals surface area contributed by atoms with E-state index in [0.29, 0.717) is 0 Å². The summed E-state index contributed by atoms with van der Waals surface area (Å²) in [5.41, 5.74) is 0. The summed E-state index contributed by atoms with van der Waals surface area (Å²) in [6, 6.07) is 3.86. The molecular formula is C15H34OSi. The molecule has 0 atom stereocenters. The molecule has 0 spiro atoms. The van der Waals surface area contributed by atoms with E-state index in [1.807, 2.05) is 0 Å². The molecule has 0 bridgehead atoms. The van der Waals surface area contributed by atoms with Gasteiger partial charge in [0.2, 0.25) is 0 Å². The molecule has 17 heavy (non-hydrogen) atoms. The molecule has 0 saturated carbocycles. The van der Waals surface area contributed by atoms with Crippen molar-refractivity contribution >= 4 is 8.32 Å². The van der Waals surface area contributed by atoms with Crippen molar-refractivity contribution < 1.29 is 4.43 Å². The first-order valence-electron chi connectivity index (χ1n) is 7.88. The van der Waals surface area contributed by atoms with Crippen LogP contribution in [0.4, 0.5) is 0 Å². The Labute approximate surface area is 110 Å². The van der Waals surface area contributed by atoms with Gasteiger partial charge in [-0.15, -0.1) is 0 Å². The van der Waals surface area contributed by atoms with Gasteiger partial charge in [0.15, 0.2) is 8.32 Å². The monoisotopic (exact) mass is 258 g/mol. The van der Waals surface area contributed by atoms with Crippen molar-refractivity contribution in [1.82, 2.24) is 0 Å². The first kappa shape index (κ1) is 17.2. The van der Waals surface area contributed by atoms with Crippen LogP contribution in [0.15, 0.2) is 0 Å². The lowest BCUT2D eigenvalue weighted by molar-refractivity contribution is 0.287. The van der Waals surface area contributed by atoms with Gasteiger partial charge in [-0.1, -0.05) is 66.2 Å². The average molecular weight is 259 g/mol. The molecule has 0 unspecified atom stereocenters. The van der Waals surface area contributed by atoms with Crippen molar-refractivity contribution in [1.29, 1.82) is 0 Å². The van der Waals surface area contributed by atoms with Crippen LogP contribution in [0.2, 0.25) is 18.1 Å². The molecule has 0 aromatic rings. The molecular weight excluding hydrogens is 224 g/mol. The van der Waals surface area contributed by atoms with Gasteiger partial charge in [-0.3, -0.25) is 0 Å². The third-order valence-corrected chi connectivity index (χ3v) is 8.77. The van der Waals surface area contributed by atoms with Crippen LogP contribution in [0.1, 0.15) is 72.6 Å². The summed E-state index contributed by atoms with van der Waals surface area (Å²) in [7, 11) is -1.30. The van der Waals surface area contributed by atoms with Gasteiger partial charge in [-0.05, 0) is 24.6 Å². The molecule has 1 nitrogen and oxygen atoms in total. The van der Waals surface area contributed by atoms with Gasteiger partial charge in [-0.2, -0.15) is 0 Å². The van der Waals surface area contributed by atoms with Gasteiger partial charge in [-0.25, -0.2) is 0 Å². The zero-order chi connectivity index (χ0) is 13.0. The first-order valence-corrected chi connectivity index (χ1v) is 10.4. The summed E-state index contributed by atoms with van der Waals surface area (Å²) in [5, 5.41) is 0. The molecule has 0 rings (SSSR count). The SMILES string of the molecule is CCCCCCCCCO[Si](CC)(CC)CC. The van der Waals surface area contributed by atoms with E-state index < -0.39 is 8.32 Å². The summed E-state index contributed by atoms with van der Waals surface area (Å²) in [6.07, 6.45) is 9.66. The van der Waals surface area contributed by atoms with E-state index >= 15 is 0 Å². The van der Waals surface area contributed by atoms with E-state index in [4.69, 9.17) is 4.43 Å². The maximum atomic E-state index is 6.24. The third-order valence-electron chi connectivity index (χ3n) is 4.09. The van der Waals surface area contributed by atoms with Crippen molar-refractivity contribution in [2.75, 3.05) is 6.61 Å². The molecule has 0 aromatic heterocycles. The second-order valence-corrected chi connectivity index (χ2v) is 9.99. The van der Waals surface area contributed by atoms with Gasteiger partial charge in [0.05, 0.1) is 0 Å². The predicted molar refractivity (Wildman–Crippen MR) is 81.1 cm³/mol. The minimum Gasteiger partial charge on any atom is -0.417 e. The second-order valence-electron chi connectivity index (χ2n) is 5.21. The highest BCUT2D eigenvalue weighted by atomic mass is 28.4. The van der Waals surface area contributed by atoms with Gasteiger partial charge in [0.25, 0.3) is 0 Å². The van der Waals surface area contributed by atoms with E-state index in [9.17, 15) is 0 Å². The van der Waals surface area contributed by atoms with E-state index in [2.05, 4.69) is 27.7 Å². The summed E-state index contributed by atoms with van der Waals surface area (Å²) in [4.78, 5) is 0. The molecule has 0 aliphatic carbocycles. The third kappa shape index (κ3) is 7.99. The quantitative estimate of drug-likeness (QED) is 0.319. The zero-order valence-electron chi connectivity index (χ0n) is 12.7. The van der Waals surface area contributed by atoms with Crippen LogP contribution in [0.5, 0.6) is 0 Å². The highest BCUT2D eigenvalue weighted by Gasteiger charge is 2.27. The lowest BCUT2D eigenvalue weighted by Gasteiger charge is -2.27. The van der Waals surface area contributed by atoms with Crippen LogP contribution in [0.25, 0.3) is 0 Å². The Bertz CT molecular complexity index is 147. The molecule has 0 amide bonds. The molecule has 0 aliphatic heterocycles. The Balaban J connectivity index is 3.43. The molecule has 0 aliphatic rings. The molecule has 0 radical (unpaired) electrons. The molecule has 2 heteroatoms. The van der Waals surface area contributed by atoms with Crippen molar-refractivity contribution in [3.8, 4) is 0 Å². The summed E-state index contributed by atoms with van der Waals surface area (Å²) >= 11 is 0. The Kier molecular flexibility index (Phi) is 11.4. The minimum atomic E-state index is -1.30. The summed E-state index contributed by atoms with van der Waals surface area (Å²) in [5.74, 6) is 0. The highest BCUT2D eigenvalue weighted by Crippen LogP contribution is 2.22. The van der Waals surface area contributed by atoms with Crippen molar-refractivity contribution in [2.45, 2.75) is 90.8 Å². The molecule has 0 aromatic carbocycles. The fourth-order valence-corrected chi connectivity index (χ4v) is 5.09. The molecule has 0 heterocycles. The highest BCUT2D eigenvalue weighted by molar-refractivity contribution is 6.73. The van der Waals surface area contributed by atoms with E-state index in [1.165, 1.54) is 63.1 Å². The first-order chi connectivity index (χ1) is 8.24. The van der Waals surface area contributed by atoms with Gasteiger partial charge >= 0.3 is 0 Å². The standard InChI is InChI=1S/C15H34OSi/c1-5-9-10-11-12-13-14-15-16-17(6-2,7-3)8-4/h5-15H2,1-4H3. The van der Waals surface area contributed by atoms with Crippen LogP contribution >= 0.6 is 0 Å². The van der Waals surface area contributed by atoms with Crippen LogP contribution in [0.3, 0.4) is 0 Å². The average Bonchev–Trinajstić information content (AvgIpc) is 2.38. The van der Waals surface area contributed by atoms with Gasteiger partial charge in [0, 0.05) is 6.61 Å². The van der Waals surface area contributed by atoms with Crippen molar-refractivity contribution in [3.05, 3.63) is 0 Å². The van der Waals surface area contributed by atoms with Crippen LogP contribution < -0.4 is 0 Å². The molecule has 0 saturated heterocycles. The zero-order valence-corrected chi connectivity index (χ0v) is 13.7. The molecule has 0 N–H and O–H groups in total. The lowest BCUT2D eigenvalue weighted by atomic mass is 10.1. The van der Waals surface area contributed by atoms with Crippen LogP contribution in [-0.2, 0) is 4.43 Å². The Morgan fingerprint density at radius 3 is 1.59 bits per heavy atom. The van der Waals surface area contributed by atoms with E-state index in [-0.39, 0.29) is 0 Å². The Morgan fingerprint density at radius 2 is 1.12 bits per heavy atom. The maximum absolute atomic E-state index is 6.24. The van der Waals surface area contributed by atoms with E-state index in [1.54, 1.807) is 0 Å². The van der Waals surface area contributed by atoms with Crippen LogP contribution in [0, 0.1) is 0 Å². The van der Waals surface area contributed by atoms with Crippen molar-refractivity contribution in [2.24, 2.45) is 0 Å². The molecule has 104 valence electrons. The number of hydrogen-bond donors (Lipinski definition) is 0.